The van der Waals surface area contributed by atoms with Gasteiger partial charge in [-0.3, -0.25) is 4.79 Å². The fourth-order valence-corrected chi connectivity index (χ4v) is 3.01. The molecule has 1 heterocycles. The first-order chi connectivity index (χ1) is 12.9. The minimum Gasteiger partial charge on any atom is -0.362 e. The van der Waals surface area contributed by atoms with E-state index in [1.807, 2.05) is 20.8 Å². The van der Waals surface area contributed by atoms with Gasteiger partial charge < -0.3 is 5.11 Å². The number of rotatable bonds is 2. The number of nitrogens with zero attached hydrogens (tertiary/aromatic N) is 2. The summed E-state index contributed by atoms with van der Waals surface area (Å²) in [6, 6.07) is 14.5. The second-order valence-electron chi connectivity index (χ2n) is 7.85. The topological polar surface area (TPSA) is 52.9 Å². The maximum atomic E-state index is 13.7. The Morgan fingerprint density at radius 3 is 2.11 bits per heavy atom. The summed E-state index contributed by atoms with van der Waals surface area (Å²) in [7, 11) is 0. The smallest absolute Gasteiger partial charge is 0.362 e. The van der Waals surface area contributed by atoms with E-state index in [9.17, 15) is 23.1 Å². The second kappa shape index (κ2) is 6.74. The highest BCUT2D eigenvalue weighted by atomic mass is 19.4. The van der Waals surface area contributed by atoms with Crippen molar-refractivity contribution in [1.29, 1.82) is 0 Å². The predicted octanol–water partition coefficient (Wildman–Crippen LogP) is 4.49. The molecule has 0 aromatic heterocycles. The average molecular weight is 390 g/mol. The van der Waals surface area contributed by atoms with Crippen LogP contribution < -0.4 is 0 Å². The third-order valence-corrected chi connectivity index (χ3v) is 4.74. The lowest BCUT2D eigenvalue weighted by molar-refractivity contribution is -0.297. The van der Waals surface area contributed by atoms with Gasteiger partial charge in [0.1, 0.15) is 0 Å². The molecule has 2 aromatic rings. The van der Waals surface area contributed by atoms with Crippen LogP contribution in [0.2, 0.25) is 0 Å². The number of hydrogen-bond acceptors (Lipinski definition) is 3. The maximum absolute atomic E-state index is 13.7. The molecule has 0 spiro atoms. The van der Waals surface area contributed by atoms with Gasteiger partial charge in [-0.2, -0.15) is 23.3 Å². The Balaban J connectivity index is 2.00. The molecular formula is C21H21F3N2O2. The molecule has 0 saturated heterocycles. The number of alkyl halides is 3. The highest BCUT2D eigenvalue weighted by Crippen LogP contribution is 2.42. The number of aliphatic hydroxyl groups is 1. The standard InChI is InChI=1S/C21H21F3N2O2/c1-19(2,3)16-11-9-15(10-12-16)18(27)26-20(28,21(22,23)24)13-17(25-26)14-7-5-4-6-8-14/h4-12,28H,13H2,1-3H3. The minimum absolute atomic E-state index is 0.0000803. The molecule has 0 fully saturated rings. The van der Waals surface area contributed by atoms with E-state index >= 15 is 0 Å². The molecule has 1 amide bonds. The van der Waals surface area contributed by atoms with Crippen LogP contribution in [-0.4, -0.2) is 33.6 Å². The zero-order valence-corrected chi connectivity index (χ0v) is 15.8. The normalized spacial score (nSPS) is 20.2. The minimum atomic E-state index is -5.06. The van der Waals surface area contributed by atoms with Gasteiger partial charge >= 0.3 is 6.18 Å². The Bertz CT molecular complexity index is 900. The van der Waals surface area contributed by atoms with Crippen molar-refractivity contribution >= 4 is 11.6 Å². The first-order valence-corrected chi connectivity index (χ1v) is 8.80. The van der Waals surface area contributed by atoms with Crippen LogP contribution in [0.25, 0.3) is 0 Å². The van der Waals surface area contributed by atoms with Crippen LogP contribution in [0.5, 0.6) is 0 Å². The van der Waals surface area contributed by atoms with E-state index in [0.29, 0.717) is 5.56 Å². The number of hydrogen-bond donors (Lipinski definition) is 1. The zero-order chi connectivity index (χ0) is 20.7. The molecule has 148 valence electrons. The molecule has 4 nitrogen and oxygen atoms in total. The lowest BCUT2D eigenvalue weighted by Gasteiger charge is -2.32. The molecule has 0 bridgehead atoms. The van der Waals surface area contributed by atoms with Crippen LogP contribution in [0.4, 0.5) is 13.2 Å². The van der Waals surface area contributed by atoms with Crippen molar-refractivity contribution in [2.75, 3.05) is 0 Å². The maximum Gasteiger partial charge on any atom is 0.438 e. The molecule has 7 heteroatoms. The number of amides is 1. The highest BCUT2D eigenvalue weighted by molar-refractivity contribution is 6.05. The Labute approximate surface area is 161 Å². The Morgan fingerprint density at radius 2 is 1.61 bits per heavy atom. The summed E-state index contributed by atoms with van der Waals surface area (Å²) in [6.45, 7) is 5.97. The monoisotopic (exact) mass is 390 g/mol. The molecule has 28 heavy (non-hydrogen) atoms. The summed E-state index contributed by atoms with van der Waals surface area (Å²) in [5.74, 6) is -1.01. The summed E-state index contributed by atoms with van der Waals surface area (Å²) >= 11 is 0. The molecule has 1 aliphatic heterocycles. The molecule has 2 aromatic carbocycles. The molecule has 1 atom stereocenters. The van der Waals surface area contributed by atoms with E-state index in [-0.39, 0.29) is 21.7 Å². The Kier molecular flexibility index (Phi) is 4.83. The second-order valence-corrected chi connectivity index (χ2v) is 7.85. The van der Waals surface area contributed by atoms with Crippen LogP contribution in [0, 0.1) is 0 Å². The van der Waals surface area contributed by atoms with Crippen LogP contribution in [0.3, 0.4) is 0 Å². The van der Waals surface area contributed by atoms with Gasteiger partial charge in [0.05, 0.1) is 12.1 Å². The molecule has 1 aliphatic rings. The van der Waals surface area contributed by atoms with Gasteiger partial charge in [-0.15, -0.1) is 0 Å². The van der Waals surface area contributed by atoms with Gasteiger partial charge in [-0.25, -0.2) is 0 Å². The molecule has 1 N–H and O–H groups in total. The van der Waals surface area contributed by atoms with E-state index in [1.54, 1.807) is 42.5 Å². The summed E-state index contributed by atoms with van der Waals surface area (Å²) < 4.78 is 41.0. The highest BCUT2D eigenvalue weighted by Gasteiger charge is 2.63. The van der Waals surface area contributed by atoms with Gasteiger partial charge in [0.15, 0.2) is 0 Å². The number of hydrazone groups is 1. The number of carbonyl (C=O) groups is 1. The summed E-state index contributed by atoms with van der Waals surface area (Å²) in [4.78, 5) is 12.8. The predicted molar refractivity (Wildman–Crippen MR) is 99.9 cm³/mol. The fraction of sp³-hybridized carbons (Fsp3) is 0.333. The summed E-state index contributed by atoms with van der Waals surface area (Å²) in [6.07, 6.45) is -5.89. The van der Waals surface area contributed by atoms with Gasteiger partial charge in [0.2, 0.25) is 0 Å². The van der Waals surface area contributed by atoms with Crippen molar-refractivity contribution in [3.05, 3.63) is 71.3 Å². The van der Waals surface area contributed by atoms with Crippen molar-refractivity contribution in [1.82, 2.24) is 5.01 Å². The van der Waals surface area contributed by atoms with Crippen molar-refractivity contribution in [3.63, 3.8) is 0 Å². The third-order valence-electron chi connectivity index (χ3n) is 4.74. The molecule has 0 saturated carbocycles. The summed E-state index contributed by atoms with van der Waals surface area (Å²) in [5.41, 5.74) is -2.18. The SMILES string of the molecule is CC(C)(C)c1ccc(C(=O)N2N=C(c3ccccc3)CC2(O)C(F)(F)F)cc1. The van der Waals surface area contributed by atoms with Crippen LogP contribution >= 0.6 is 0 Å². The average Bonchev–Trinajstić information content (AvgIpc) is 3.00. The Morgan fingerprint density at radius 1 is 1.04 bits per heavy atom. The van der Waals surface area contributed by atoms with E-state index in [0.717, 1.165) is 5.56 Å². The quantitative estimate of drug-likeness (QED) is 0.822. The van der Waals surface area contributed by atoms with E-state index in [2.05, 4.69) is 5.10 Å². The van der Waals surface area contributed by atoms with Crippen molar-refractivity contribution < 1.29 is 23.1 Å². The van der Waals surface area contributed by atoms with E-state index < -0.39 is 24.2 Å². The third kappa shape index (κ3) is 3.54. The van der Waals surface area contributed by atoms with Crippen molar-refractivity contribution in [3.8, 4) is 0 Å². The number of carbonyl (C=O) groups excluding carboxylic acids is 1. The lowest BCUT2D eigenvalue weighted by atomic mass is 9.86. The number of halogens is 3. The molecular weight excluding hydrogens is 369 g/mol. The summed E-state index contributed by atoms with van der Waals surface area (Å²) in [5, 5.41) is 14.4. The Hall–Kier alpha value is -2.67. The van der Waals surface area contributed by atoms with Crippen molar-refractivity contribution in [2.45, 2.75) is 44.5 Å². The van der Waals surface area contributed by atoms with Gasteiger partial charge in [0.25, 0.3) is 11.6 Å². The van der Waals surface area contributed by atoms with Crippen LogP contribution in [0.15, 0.2) is 59.7 Å². The van der Waals surface area contributed by atoms with E-state index in [1.165, 1.54) is 12.1 Å². The molecule has 3 rings (SSSR count). The van der Waals surface area contributed by atoms with Gasteiger partial charge in [-0.1, -0.05) is 63.2 Å². The first kappa shape index (κ1) is 20.1. The zero-order valence-electron chi connectivity index (χ0n) is 15.8. The van der Waals surface area contributed by atoms with Gasteiger partial charge in [-0.05, 0) is 28.7 Å². The lowest BCUT2D eigenvalue weighted by Crippen LogP contribution is -2.56. The molecule has 0 aliphatic carbocycles. The number of benzene rings is 2. The van der Waals surface area contributed by atoms with Gasteiger partial charge in [0, 0.05) is 5.56 Å². The van der Waals surface area contributed by atoms with E-state index in [4.69, 9.17) is 0 Å². The van der Waals surface area contributed by atoms with Crippen LogP contribution in [0.1, 0.15) is 48.7 Å². The molecule has 0 radical (unpaired) electrons. The van der Waals surface area contributed by atoms with Crippen molar-refractivity contribution in [2.24, 2.45) is 5.10 Å². The van der Waals surface area contributed by atoms with Crippen LogP contribution in [-0.2, 0) is 5.41 Å². The fourth-order valence-electron chi connectivity index (χ4n) is 3.01. The largest absolute Gasteiger partial charge is 0.438 e. The molecule has 1 unspecified atom stereocenters. The first-order valence-electron chi connectivity index (χ1n) is 8.80.